The number of fused-ring (bicyclic) bond motifs is 1. The van der Waals surface area contributed by atoms with E-state index in [0.29, 0.717) is 10.9 Å². The number of benzene rings is 1. The van der Waals surface area contributed by atoms with E-state index in [1.54, 1.807) is 4.90 Å². The molecule has 0 spiro atoms. The van der Waals surface area contributed by atoms with Gasteiger partial charge in [0, 0.05) is 0 Å². The van der Waals surface area contributed by atoms with E-state index in [-0.39, 0.29) is 20.9 Å². The standard InChI is InChI=1S/C13H12N2OS2Se/c1-3-15-11(16)10(18-13(15)17)12-14(2)8-6-4-5-7-9(8)19-12/h4-7H,3H2,1-2H3. The first kappa shape index (κ1) is 13.2. The van der Waals surface area contributed by atoms with Crippen molar-refractivity contribution in [2.45, 2.75) is 6.92 Å². The Bertz CT molecular complexity index is 614. The maximum absolute atomic E-state index is 12.4. The predicted octanol–water partition coefficient (Wildman–Crippen LogP) is 1.52. The van der Waals surface area contributed by atoms with Gasteiger partial charge in [-0.3, -0.25) is 0 Å². The molecule has 0 saturated carbocycles. The third-order valence-corrected chi connectivity index (χ3v) is 7.42. The van der Waals surface area contributed by atoms with Crippen molar-refractivity contribution in [3.63, 3.8) is 0 Å². The van der Waals surface area contributed by atoms with Gasteiger partial charge in [0.1, 0.15) is 0 Å². The Morgan fingerprint density at radius 3 is 2.74 bits per heavy atom. The predicted molar refractivity (Wildman–Crippen MR) is 84.8 cm³/mol. The second kappa shape index (κ2) is 4.94. The molecule has 0 radical (unpaired) electrons. The van der Waals surface area contributed by atoms with Crippen molar-refractivity contribution < 1.29 is 4.79 Å². The third-order valence-electron chi connectivity index (χ3n) is 3.10. The molecule has 1 saturated heterocycles. The molecule has 1 aromatic rings. The van der Waals surface area contributed by atoms with Gasteiger partial charge in [-0.05, 0) is 0 Å². The van der Waals surface area contributed by atoms with Crippen LogP contribution in [0.5, 0.6) is 0 Å². The molecule has 0 aliphatic carbocycles. The summed E-state index contributed by atoms with van der Waals surface area (Å²) in [5, 5.41) is 0. The number of nitrogens with zero attached hydrogens (tertiary/aromatic N) is 2. The number of carbonyl (C=O) groups is 1. The van der Waals surface area contributed by atoms with Gasteiger partial charge in [0.2, 0.25) is 0 Å². The number of rotatable bonds is 1. The normalized spacial score (nSPS) is 22.4. The molecule has 6 heteroatoms. The van der Waals surface area contributed by atoms with Crippen LogP contribution in [0.4, 0.5) is 5.69 Å². The fourth-order valence-corrected chi connectivity index (χ4v) is 6.23. The molecule has 19 heavy (non-hydrogen) atoms. The number of amides is 1. The van der Waals surface area contributed by atoms with Crippen LogP contribution in [0.15, 0.2) is 33.8 Å². The molecular weight excluding hydrogens is 343 g/mol. The van der Waals surface area contributed by atoms with Crippen LogP contribution < -0.4 is 9.36 Å². The van der Waals surface area contributed by atoms with E-state index in [1.165, 1.54) is 21.9 Å². The summed E-state index contributed by atoms with van der Waals surface area (Å²) in [6.45, 7) is 2.60. The fraction of sp³-hybridized carbons (Fsp3) is 0.231. The van der Waals surface area contributed by atoms with E-state index < -0.39 is 0 Å². The SMILES string of the molecule is CCN1C(=O)C(=C2[Se]c3ccccc3N2C)SC1=S. The zero-order valence-electron chi connectivity index (χ0n) is 10.5. The van der Waals surface area contributed by atoms with Gasteiger partial charge in [-0.2, -0.15) is 0 Å². The number of anilines is 1. The van der Waals surface area contributed by atoms with Crippen molar-refractivity contribution >= 4 is 59.3 Å². The van der Waals surface area contributed by atoms with Gasteiger partial charge in [0.15, 0.2) is 0 Å². The molecule has 3 nitrogen and oxygen atoms in total. The van der Waals surface area contributed by atoms with Crippen LogP contribution in [-0.2, 0) is 4.79 Å². The Balaban J connectivity index is 2.03. The first-order valence-corrected chi connectivity index (χ1v) is 8.85. The summed E-state index contributed by atoms with van der Waals surface area (Å²) in [5.74, 6) is 0.0639. The topological polar surface area (TPSA) is 23.6 Å². The average Bonchev–Trinajstić information content (AvgIpc) is 2.88. The van der Waals surface area contributed by atoms with Gasteiger partial charge in [-0.1, -0.05) is 0 Å². The molecule has 0 atom stereocenters. The van der Waals surface area contributed by atoms with E-state index >= 15 is 0 Å². The molecular formula is C13H12N2OS2Se. The van der Waals surface area contributed by atoms with Crippen LogP contribution in [0.1, 0.15) is 6.92 Å². The second-order valence-corrected chi connectivity index (χ2v) is 7.99. The van der Waals surface area contributed by atoms with Gasteiger partial charge in [0.25, 0.3) is 0 Å². The summed E-state index contributed by atoms with van der Waals surface area (Å²) < 4.78 is 3.13. The molecule has 2 heterocycles. The Kier molecular flexibility index (Phi) is 3.43. The Morgan fingerprint density at radius 1 is 1.37 bits per heavy atom. The van der Waals surface area contributed by atoms with Crippen molar-refractivity contribution in [3.8, 4) is 0 Å². The van der Waals surface area contributed by atoms with Crippen molar-refractivity contribution in [3.05, 3.63) is 33.8 Å². The van der Waals surface area contributed by atoms with Crippen molar-refractivity contribution in [1.82, 2.24) is 4.90 Å². The molecule has 3 rings (SSSR count). The molecule has 1 fully saturated rings. The molecule has 1 aromatic carbocycles. The molecule has 0 N–H and O–H groups in total. The summed E-state index contributed by atoms with van der Waals surface area (Å²) in [4.78, 5) is 17.0. The summed E-state index contributed by atoms with van der Waals surface area (Å²) in [6.07, 6.45) is 0. The number of thioether (sulfide) groups is 1. The van der Waals surface area contributed by atoms with Gasteiger partial charge in [-0.15, -0.1) is 0 Å². The summed E-state index contributed by atoms with van der Waals surface area (Å²) >= 11 is 6.90. The quantitative estimate of drug-likeness (QED) is 0.433. The van der Waals surface area contributed by atoms with Gasteiger partial charge >= 0.3 is 128 Å². The molecule has 1 amide bonds. The van der Waals surface area contributed by atoms with Crippen molar-refractivity contribution in [2.24, 2.45) is 0 Å². The first-order chi connectivity index (χ1) is 9.13. The van der Waals surface area contributed by atoms with Crippen molar-refractivity contribution in [2.75, 3.05) is 18.5 Å². The number of carbonyl (C=O) groups excluding carboxylic acids is 1. The second-order valence-electron chi connectivity index (χ2n) is 4.18. The van der Waals surface area contributed by atoms with Crippen LogP contribution in [0.2, 0.25) is 0 Å². The molecule has 2 aliphatic rings. The Labute approximate surface area is 128 Å². The number of thiocarbonyl (C=S) groups is 1. The third kappa shape index (κ3) is 2.03. The zero-order valence-corrected chi connectivity index (χ0v) is 13.9. The maximum atomic E-state index is 12.4. The van der Waals surface area contributed by atoms with E-state index in [4.69, 9.17) is 12.2 Å². The summed E-state index contributed by atoms with van der Waals surface area (Å²) in [7, 11) is 2.03. The Morgan fingerprint density at radius 2 is 2.11 bits per heavy atom. The molecule has 98 valence electrons. The van der Waals surface area contributed by atoms with Gasteiger partial charge in [-0.25, -0.2) is 0 Å². The van der Waals surface area contributed by atoms with Crippen LogP contribution in [0.25, 0.3) is 0 Å². The number of para-hydroxylation sites is 1. The summed E-state index contributed by atoms with van der Waals surface area (Å²) in [5.41, 5.74) is 1.21. The fourth-order valence-electron chi connectivity index (χ4n) is 2.10. The minimum absolute atomic E-state index is 0.0639. The van der Waals surface area contributed by atoms with Crippen LogP contribution in [0.3, 0.4) is 0 Å². The summed E-state index contributed by atoms with van der Waals surface area (Å²) in [6, 6.07) is 8.32. The van der Waals surface area contributed by atoms with E-state index in [9.17, 15) is 4.79 Å². The average molecular weight is 355 g/mol. The number of hydrogen-bond acceptors (Lipinski definition) is 4. The van der Waals surface area contributed by atoms with E-state index in [1.807, 2.05) is 20.0 Å². The molecule has 0 unspecified atom stereocenters. The van der Waals surface area contributed by atoms with E-state index in [2.05, 4.69) is 23.1 Å². The minimum atomic E-state index is 0.0639. The molecule has 2 aliphatic heterocycles. The van der Waals surface area contributed by atoms with Crippen LogP contribution >= 0.6 is 24.0 Å². The molecule has 0 bridgehead atoms. The number of hydrogen-bond donors (Lipinski definition) is 0. The van der Waals surface area contributed by atoms with Gasteiger partial charge in [0.05, 0.1) is 0 Å². The van der Waals surface area contributed by atoms with Crippen molar-refractivity contribution in [1.29, 1.82) is 0 Å². The molecule has 0 aromatic heterocycles. The monoisotopic (exact) mass is 356 g/mol. The Hall–Kier alpha value is -0.811. The van der Waals surface area contributed by atoms with Crippen LogP contribution in [0, 0.1) is 0 Å². The van der Waals surface area contributed by atoms with E-state index in [0.717, 1.165) is 9.50 Å². The zero-order chi connectivity index (χ0) is 13.6. The number of likely N-dealkylation sites (N-methyl/N-ethyl adjacent to an activating group) is 1. The van der Waals surface area contributed by atoms with Crippen LogP contribution in [-0.4, -0.2) is 43.7 Å². The first-order valence-electron chi connectivity index (χ1n) is 5.92. The van der Waals surface area contributed by atoms with Gasteiger partial charge < -0.3 is 0 Å².